The molecule has 0 saturated heterocycles. The molecule has 0 radical (unpaired) electrons. The lowest BCUT2D eigenvalue weighted by Crippen LogP contribution is -2.53. The number of halogens is 4. The third kappa shape index (κ3) is 5.44. The molecule has 3 aromatic rings. The monoisotopic (exact) mass is 558 g/mol. The number of nitrogens with one attached hydrogen (secondary N) is 1. The van der Waals surface area contributed by atoms with Gasteiger partial charge in [0.25, 0.3) is 0 Å². The highest BCUT2D eigenvalue weighted by Crippen LogP contribution is 2.55. The van der Waals surface area contributed by atoms with E-state index in [1.54, 1.807) is 18.2 Å². The van der Waals surface area contributed by atoms with Gasteiger partial charge in [-0.15, -0.1) is 0 Å². The summed E-state index contributed by atoms with van der Waals surface area (Å²) in [7, 11) is 0. The number of fused-ring (bicyclic) bond motifs is 2. The minimum Gasteiger partial charge on any atom is -0.493 e. The predicted octanol–water partition coefficient (Wildman–Crippen LogP) is 7.53. The van der Waals surface area contributed by atoms with E-state index in [0.29, 0.717) is 42.8 Å². The number of carbonyl (C=O) groups is 1. The Balaban J connectivity index is 1.30. The van der Waals surface area contributed by atoms with Gasteiger partial charge in [-0.05, 0) is 91.7 Å². The highest BCUT2D eigenvalue weighted by Gasteiger charge is 2.53. The van der Waals surface area contributed by atoms with E-state index in [0.717, 1.165) is 19.0 Å². The predicted molar refractivity (Wildman–Crippen MR) is 143 cm³/mol. The largest absolute Gasteiger partial charge is 0.493 e. The normalized spacial score (nSPS) is 24.4. The minimum absolute atomic E-state index is 0.158. The van der Waals surface area contributed by atoms with Gasteiger partial charge < -0.3 is 15.2 Å². The van der Waals surface area contributed by atoms with Crippen molar-refractivity contribution in [3.05, 3.63) is 88.7 Å². The SMILES string of the molecule is O=C(O)C1(Nc2cccc(Cl)c2)CCC2(CC1)c1ccccc1CC2CCCOc1ccncc1C(F)(F)F. The fraction of sp³-hybridized carbons (Fsp3) is 0.400. The van der Waals surface area contributed by atoms with E-state index in [1.165, 1.54) is 23.4 Å². The Morgan fingerprint density at radius 1 is 1.10 bits per heavy atom. The van der Waals surface area contributed by atoms with E-state index < -0.39 is 23.2 Å². The van der Waals surface area contributed by atoms with Crippen LogP contribution in [0.25, 0.3) is 0 Å². The number of hydrogen-bond donors (Lipinski definition) is 2. The molecule has 2 aliphatic rings. The number of alkyl halides is 3. The van der Waals surface area contributed by atoms with E-state index >= 15 is 0 Å². The average molecular weight is 559 g/mol. The van der Waals surface area contributed by atoms with Crippen LogP contribution < -0.4 is 10.1 Å². The van der Waals surface area contributed by atoms with Gasteiger partial charge in [0.15, 0.2) is 0 Å². The molecule has 1 atom stereocenters. The van der Waals surface area contributed by atoms with Gasteiger partial charge in [0.2, 0.25) is 0 Å². The number of carboxylic acid groups (broad SMARTS) is 1. The fourth-order valence-electron chi connectivity index (χ4n) is 6.51. The standard InChI is InChI=1S/C30H30ClF3N2O3/c31-22-7-3-8-23(18-22)36-29(27(37)38)13-11-28(12-14-29)21(17-20-5-1-2-9-24(20)28)6-4-16-39-26-10-15-35-19-25(26)30(32,33)34/h1-3,5,7-10,15,18-19,21,36H,4,6,11-14,16-17H2,(H,37,38). The molecule has 5 rings (SSSR count). The van der Waals surface area contributed by atoms with Gasteiger partial charge in [-0.2, -0.15) is 13.2 Å². The average Bonchev–Trinajstić information content (AvgIpc) is 3.20. The number of anilines is 1. The second kappa shape index (κ2) is 10.7. The Morgan fingerprint density at radius 3 is 2.59 bits per heavy atom. The maximum Gasteiger partial charge on any atom is 0.421 e. The van der Waals surface area contributed by atoms with Gasteiger partial charge in [-0.3, -0.25) is 4.98 Å². The fourth-order valence-corrected chi connectivity index (χ4v) is 6.70. The van der Waals surface area contributed by atoms with Gasteiger partial charge in [0.05, 0.1) is 6.61 Å². The third-order valence-corrected chi connectivity index (χ3v) is 8.69. The van der Waals surface area contributed by atoms with Crippen molar-refractivity contribution < 1.29 is 27.8 Å². The molecule has 2 aliphatic carbocycles. The van der Waals surface area contributed by atoms with Crippen molar-refractivity contribution in [3.63, 3.8) is 0 Å². The highest BCUT2D eigenvalue weighted by atomic mass is 35.5. The van der Waals surface area contributed by atoms with Gasteiger partial charge in [0, 0.05) is 23.1 Å². The lowest BCUT2D eigenvalue weighted by atomic mass is 9.60. The zero-order valence-corrected chi connectivity index (χ0v) is 22.1. The summed E-state index contributed by atoms with van der Waals surface area (Å²) in [6, 6.07) is 16.7. The topological polar surface area (TPSA) is 71.5 Å². The molecule has 39 heavy (non-hydrogen) atoms. The molecular weight excluding hydrogens is 529 g/mol. The summed E-state index contributed by atoms with van der Waals surface area (Å²) in [5, 5.41) is 14.1. The molecule has 1 heterocycles. The first-order valence-electron chi connectivity index (χ1n) is 13.1. The second-order valence-electron chi connectivity index (χ2n) is 10.6. The first kappa shape index (κ1) is 27.3. The van der Waals surface area contributed by atoms with Crippen LogP contribution in [0, 0.1) is 5.92 Å². The first-order chi connectivity index (χ1) is 18.6. The summed E-state index contributed by atoms with van der Waals surface area (Å²) in [5.41, 5.74) is 1.05. The number of pyridine rings is 1. The van der Waals surface area contributed by atoms with Crippen LogP contribution in [0.1, 0.15) is 55.2 Å². The van der Waals surface area contributed by atoms with Crippen molar-refractivity contribution in [2.75, 3.05) is 11.9 Å². The lowest BCUT2D eigenvalue weighted by molar-refractivity contribution is -0.144. The summed E-state index contributed by atoms with van der Waals surface area (Å²) < 4.78 is 45.4. The van der Waals surface area contributed by atoms with Crippen LogP contribution in [0.2, 0.25) is 5.02 Å². The van der Waals surface area contributed by atoms with Crippen LogP contribution in [0.15, 0.2) is 67.0 Å². The maximum atomic E-state index is 13.3. The Hall–Kier alpha value is -3.26. The van der Waals surface area contributed by atoms with Crippen LogP contribution in [-0.2, 0) is 22.8 Å². The summed E-state index contributed by atoms with van der Waals surface area (Å²) in [5.74, 6) is -0.847. The molecule has 0 amide bonds. The zero-order valence-electron chi connectivity index (χ0n) is 21.3. The van der Waals surface area contributed by atoms with E-state index in [4.69, 9.17) is 16.3 Å². The molecule has 1 aromatic heterocycles. The molecule has 2 N–H and O–H groups in total. The van der Waals surface area contributed by atoms with Gasteiger partial charge >= 0.3 is 12.1 Å². The van der Waals surface area contributed by atoms with Gasteiger partial charge in [0.1, 0.15) is 16.9 Å². The number of aliphatic carboxylic acids is 1. The second-order valence-corrected chi connectivity index (χ2v) is 11.0. The highest BCUT2D eigenvalue weighted by molar-refractivity contribution is 6.30. The van der Waals surface area contributed by atoms with Crippen LogP contribution >= 0.6 is 11.6 Å². The molecule has 9 heteroatoms. The summed E-state index contributed by atoms with van der Waals surface area (Å²) in [6.45, 7) is 0.158. The van der Waals surface area contributed by atoms with Crippen molar-refractivity contribution in [3.8, 4) is 5.75 Å². The van der Waals surface area contributed by atoms with Gasteiger partial charge in [-0.25, -0.2) is 4.79 Å². The first-order valence-corrected chi connectivity index (χ1v) is 13.5. The number of rotatable bonds is 8. The van der Waals surface area contributed by atoms with Crippen LogP contribution in [0.3, 0.4) is 0 Å². The van der Waals surface area contributed by atoms with Crippen LogP contribution in [0.5, 0.6) is 5.75 Å². The molecule has 1 unspecified atom stereocenters. The third-order valence-electron chi connectivity index (χ3n) is 8.46. The smallest absolute Gasteiger partial charge is 0.421 e. The van der Waals surface area contributed by atoms with Crippen LogP contribution in [-0.4, -0.2) is 28.2 Å². The Bertz CT molecular complexity index is 1340. The molecule has 1 fully saturated rings. The molecular formula is C30H30ClF3N2O3. The molecule has 206 valence electrons. The number of hydrogen-bond acceptors (Lipinski definition) is 4. The van der Waals surface area contributed by atoms with Crippen molar-refractivity contribution in [2.45, 2.75) is 62.1 Å². The Morgan fingerprint density at radius 2 is 1.87 bits per heavy atom. The van der Waals surface area contributed by atoms with Crippen molar-refractivity contribution in [1.29, 1.82) is 0 Å². The Kier molecular flexibility index (Phi) is 7.51. The molecule has 0 bridgehead atoms. The number of benzene rings is 2. The van der Waals surface area contributed by atoms with E-state index in [9.17, 15) is 23.1 Å². The minimum atomic E-state index is -4.53. The number of carboxylic acids is 1. The number of ether oxygens (including phenoxy) is 1. The molecule has 2 aromatic carbocycles. The van der Waals surface area contributed by atoms with E-state index in [1.807, 2.05) is 18.2 Å². The summed E-state index contributed by atoms with van der Waals surface area (Å²) in [6.07, 6.45) is 2.04. The lowest BCUT2D eigenvalue weighted by Gasteiger charge is -2.47. The molecule has 0 aliphatic heterocycles. The number of nitrogens with zero attached hydrogens (tertiary/aromatic N) is 1. The van der Waals surface area contributed by atoms with E-state index in [2.05, 4.69) is 22.4 Å². The zero-order chi connectivity index (χ0) is 27.7. The molecule has 1 saturated carbocycles. The number of aromatic nitrogens is 1. The van der Waals surface area contributed by atoms with Crippen molar-refractivity contribution >= 4 is 23.3 Å². The molecule has 5 nitrogen and oxygen atoms in total. The van der Waals surface area contributed by atoms with Crippen molar-refractivity contribution in [1.82, 2.24) is 4.98 Å². The quantitative estimate of drug-likeness (QED) is 0.280. The molecule has 1 spiro atoms. The van der Waals surface area contributed by atoms with Crippen molar-refractivity contribution in [2.24, 2.45) is 5.92 Å². The van der Waals surface area contributed by atoms with E-state index in [-0.39, 0.29) is 23.7 Å². The Labute approximate surface area is 230 Å². The van der Waals surface area contributed by atoms with Gasteiger partial charge in [-0.1, -0.05) is 41.9 Å². The maximum absolute atomic E-state index is 13.3. The summed E-state index contributed by atoms with van der Waals surface area (Å²) in [4.78, 5) is 16.1. The summed E-state index contributed by atoms with van der Waals surface area (Å²) >= 11 is 6.14. The van der Waals surface area contributed by atoms with Crippen LogP contribution in [0.4, 0.5) is 18.9 Å².